The van der Waals surface area contributed by atoms with Gasteiger partial charge in [-0.25, -0.2) is 0 Å². The van der Waals surface area contributed by atoms with Crippen molar-refractivity contribution >= 4 is 33.5 Å². The lowest BCUT2D eigenvalue weighted by molar-refractivity contribution is 0.412. The molecule has 3 nitrogen and oxygen atoms in total. The van der Waals surface area contributed by atoms with Crippen molar-refractivity contribution in [2.75, 3.05) is 7.11 Å². The maximum atomic E-state index is 5.17. The van der Waals surface area contributed by atoms with Crippen LogP contribution in [0.25, 0.3) is 10.9 Å². The number of nitrogens with zero attached hydrogens (tertiary/aromatic N) is 1. The summed E-state index contributed by atoms with van der Waals surface area (Å²) in [6.45, 7) is 0. The lowest BCUT2D eigenvalue weighted by atomic mass is 10.2. The van der Waals surface area contributed by atoms with Crippen LogP contribution in [0.15, 0.2) is 18.3 Å². The molecule has 0 spiro atoms. The van der Waals surface area contributed by atoms with Crippen LogP contribution in [0.4, 0.5) is 0 Å². The van der Waals surface area contributed by atoms with Gasteiger partial charge in [0.1, 0.15) is 5.75 Å². The minimum absolute atomic E-state index is 0.893. The minimum Gasteiger partial charge on any atom is -0.496 e. The van der Waals surface area contributed by atoms with E-state index in [-0.39, 0.29) is 0 Å². The number of rotatable bonds is 1. The highest BCUT2D eigenvalue weighted by molar-refractivity contribution is 14.1. The van der Waals surface area contributed by atoms with Crippen LogP contribution in [0.5, 0.6) is 5.75 Å². The molecule has 4 heteroatoms. The van der Waals surface area contributed by atoms with Gasteiger partial charge in [-0.3, -0.25) is 5.10 Å². The number of hydrogen-bond donors (Lipinski definition) is 1. The third kappa shape index (κ3) is 1.06. The number of fused-ring (bicyclic) bond motifs is 1. The smallest absolute Gasteiger partial charge is 0.133 e. The van der Waals surface area contributed by atoms with Crippen molar-refractivity contribution < 1.29 is 4.74 Å². The van der Waals surface area contributed by atoms with Crippen LogP contribution in [0, 0.1) is 3.57 Å². The summed E-state index contributed by atoms with van der Waals surface area (Å²) >= 11 is 2.25. The van der Waals surface area contributed by atoms with Crippen LogP contribution in [-0.4, -0.2) is 17.3 Å². The van der Waals surface area contributed by atoms with Gasteiger partial charge in [-0.05, 0) is 34.7 Å². The molecule has 0 saturated carbocycles. The quantitative estimate of drug-likeness (QED) is 0.809. The molecule has 1 aromatic carbocycles. The van der Waals surface area contributed by atoms with Crippen LogP contribution in [0.2, 0.25) is 0 Å². The van der Waals surface area contributed by atoms with E-state index >= 15 is 0 Å². The lowest BCUT2D eigenvalue weighted by Gasteiger charge is -2.02. The number of hydrogen-bond acceptors (Lipinski definition) is 2. The Morgan fingerprint density at radius 3 is 3.08 bits per heavy atom. The number of aromatic nitrogens is 2. The van der Waals surface area contributed by atoms with E-state index in [9.17, 15) is 0 Å². The molecule has 0 unspecified atom stereocenters. The van der Waals surface area contributed by atoms with Gasteiger partial charge < -0.3 is 4.74 Å². The standard InChI is InChI=1S/C8H7IN2O/c1-12-7-3-2-6-5(8(7)9)4-10-11-6/h2-4H,1H3,(H,10,11). The molecule has 1 N–H and O–H groups in total. The number of aromatic amines is 1. The first-order chi connectivity index (χ1) is 5.83. The van der Waals surface area contributed by atoms with Gasteiger partial charge in [-0.15, -0.1) is 0 Å². The van der Waals surface area contributed by atoms with Crippen molar-refractivity contribution in [3.63, 3.8) is 0 Å². The number of nitrogens with one attached hydrogen (secondary N) is 1. The molecule has 12 heavy (non-hydrogen) atoms. The van der Waals surface area contributed by atoms with Crippen molar-refractivity contribution in [1.29, 1.82) is 0 Å². The summed E-state index contributed by atoms with van der Waals surface area (Å²) in [5.74, 6) is 0.893. The van der Waals surface area contributed by atoms with Gasteiger partial charge in [0, 0.05) is 5.39 Å². The fourth-order valence-electron chi connectivity index (χ4n) is 1.12. The van der Waals surface area contributed by atoms with Crippen molar-refractivity contribution in [3.05, 3.63) is 21.9 Å². The first kappa shape index (κ1) is 7.85. The van der Waals surface area contributed by atoms with E-state index in [2.05, 4.69) is 32.8 Å². The molecule has 0 aliphatic rings. The molecule has 1 heterocycles. The molecule has 0 amide bonds. The second-order valence-corrected chi connectivity index (χ2v) is 3.49. The Morgan fingerprint density at radius 2 is 2.33 bits per heavy atom. The van der Waals surface area contributed by atoms with Gasteiger partial charge in [-0.2, -0.15) is 5.10 Å². The summed E-state index contributed by atoms with van der Waals surface area (Å²) in [4.78, 5) is 0. The second kappa shape index (κ2) is 2.93. The largest absolute Gasteiger partial charge is 0.496 e. The van der Waals surface area contributed by atoms with Crippen LogP contribution in [0.1, 0.15) is 0 Å². The van der Waals surface area contributed by atoms with E-state index in [0.29, 0.717) is 0 Å². The average Bonchev–Trinajstić information content (AvgIpc) is 2.53. The van der Waals surface area contributed by atoms with Crippen LogP contribution < -0.4 is 4.74 Å². The van der Waals surface area contributed by atoms with Crippen molar-refractivity contribution in [3.8, 4) is 5.75 Å². The van der Waals surface area contributed by atoms with Crippen LogP contribution >= 0.6 is 22.6 Å². The highest BCUT2D eigenvalue weighted by Gasteiger charge is 2.05. The molecule has 2 aromatic rings. The summed E-state index contributed by atoms with van der Waals surface area (Å²) < 4.78 is 6.27. The normalized spacial score (nSPS) is 10.5. The molecular weight excluding hydrogens is 267 g/mol. The molecule has 0 saturated heterocycles. The summed E-state index contributed by atoms with van der Waals surface area (Å²) in [5, 5.41) is 7.96. The van der Waals surface area contributed by atoms with Crippen LogP contribution in [0.3, 0.4) is 0 Å². The summed E-state index contributed by atoms with van der Waals surface area (Å²) in [7, 11) is 1.67. The van der Waals surface area contributed by atoms with Crippen LogP contribution in [-0.2, 0) is 0 Å². The minimum atomic E-state index is 0.893. The molecule has 1 aromatic heterocycles. The lowest BCUT2D eigenvalue weighted by Crippen LogP contribution is -1.86. The van der Waals surface area contributed by atoms with Crippen molar-refractivity contribution in [1.82, 2.24) is 10.2 Å². The number of halogens is 1. The summed E-state index contributed by atoms with van der Waals surface area (Å²) in [5.41, 5.74) is 1.04. The summed E-state index contributed by atoms with van der Waals surface area (Å²) in [6.07, 6.45) is 1.81. The number of methoxy groups -OCH3 is 1. The monoisotopic (exact) mass is 274 g/mol. The van der Waals surface area contributed by atoms with Gasteiger partial charge in [0.2, 0.25) is 0 Å². The molecule has 0 aliphatic heterocycles. The molecule has 0 atom stereocenters. The third-order valence-corrected chi connectivity index (χ3v) is 2.86. The van der Waals surface area contributed by atoms with E-state index in [1.807, 2.05) is 12.1 Å². The summed E-state index contributed by atoms with van der Waals surface area (Å²) in [6, 6.07) is 3.89. The topological polar surface area (TPSA) is 37.9 Å². The maximum absolute atomic E-state index is 5.17. The molecule has 0 bridgehead atoms. The fraction of sp³-hybridized carbons (Fsp3) is 0.125. The van der Waals surface area contributed by atoms with Crippen molar-refractivity contribution in [2.45, 2.75) is 0 Å². The Kier molecular flexibility index (Phi) is 1.92. The first-order valence-corrected chi connectivity index (χ1v) is 4.56. The Labute approximate surface area is 83.3 Å². The SMILES string of the molecule is COc1ccc2[nH]ncc2c1I. The van der Waals surface area contributed by atoms with Gasteiger partial charge in [-0.1, -0.05) is 0 Å². The highest BCUT2D eigenvalue weighted by Crippen LogP contribution is 2.27. The van der Waals surface area contributed by atoms with Gasteiger partial charge in [0.15, 0.2) is 0 Å². The Hall–Kier alpha value is -0.780. The van der Waals surface area contributed by atoms with E-state index in [1.165, 1.54) is 0 Å². The maximum Gasteiger partial charge on any atom is 0.133 e. The molecule has 0 radical (unpaired) electrons. The molecule has 2 rings (SSSR count). The molecule has 62 valence electrons. The molecular formula is C8H7IN2O. The molecule has 0 fully saturated rings. The number of benzene rings is 1. The van der Waals surface area contributed by atoms with Gasteiger partial charge in [0.25, 0.3) is 0 Å². The molecule has 0 aliphatic carbocycles. The van der Waals surface area contributed by atoms with Gasteiger partial charge in [0.05, 0.1) is 22.4 Å². The van der Waals surface area contributed by atoms with E-state index in [4.69, 9.17) is 4.74 Å². The second-order valence-electron chi connectivity index (χ2n) is 2.41. The first-order valence-electron chi connectivity index (χ1n) is 3.48. The van der Waals surface area contributed by atoms with Crippen molar-refractivity contribution in [2.24, 2.45) is 0 Å². The zero-order valence-electron chi connectivity index (χ0n) is 6.47. The van der Waals surface area contributed by atoms with Gasteiger partial charge >= 0.3 is 0 Å². The highest BCUT2D eigenvalue weighted by atomic mass is 127. The fourth-order valence-corrected chi connectivity index (χ4v) is 1.95. The number of ether oxygens (including phenoxy) is 1. The average molecular weight is 274 g/mol. The predicted molar refractivity (Wildman–Crippen MR) is 55.4 cm³/mol. The van der Waals surface area contributed by atoms with E-state index < -0.39 is 0 Å². The zero-order chi connectivity index (χ0) is 8.55. The predicted octanol–water partition coefficient (Wildman–Crippen LogP) is 2.18. The van der Waals surface area contributed by atoms with E-state index in [0.717, 1.165) is 20.2 Å². The Balaban J connectivity index is 2.78. The third-order valence-electron chi connectivity index (χ3n) is 1.74. The zero-order valence-corrected chi connectivity index (χ0v) is 8.62. The number of H-pyrrole nitrogens is 1. The Bertz CT molecular complexity index is 410. The van der Waals surface area contributed by atoms with E-state index in [1.54, 1.807) is 13.3 Å². The Morgan fingerprint density at radius 1 is 1.50 bits per heavy atom.